The van der Waals surface area contributed by atoms with Gasteiger partial charge in [-0.15, -0.1) is 10.2 Å². The number of hydrogen-bond donors (Lipinski definition) is 0. The molecule has 0 saturated heterocycles. The number of nitrogens with zero attached hydrogens (tertiary/aromatic N) is 6. The van der Waals surface area contributed by atoms with Crippen molar-refractivity contribution in [2.24, 2.45) is 0 Å². The third kappa shape index (κ3) is 2.33. The van der Waals surface area contributed by atoms with Crippen molar-refractivity contribution in [3.8, 4) is 0 Å². The van der Waals surface area contributed by atoms with Gasteiger partial charge in [0, 0.05) is 31.4 Å². The second kappa shape index (κ2) is 4.87. The lowest BCUT2D eigenvalue weighted by Crippen LogP contribution is -2.34. The fourth-order valence-electron chi connectivity index (χ4n) is 2.85. The molecule has 21 heavy (non-hydrogen) atoms. The second-order valence-corrected chi connectivity index (χ2v) is 5.64. The quantitative estimate of drug-likeness (QED) is 0.862. The Bertz CT molecular complexity index is 645. The molecule has 1 aliphatic carbocycles. The molecule has 0 radical (unpaired) electrons. The number of imidazole rings is 1. The Morgan fingerprint density at radius 1 is 1.24 bits per heavy atom. The normalized spacial score (nSPS) is 19.2. The van der Waals surface area contributed by atoms with E-state index in [9.17, 15) is 8.78 Å². The Balaban J connectivity index is 1.49. The maximum absolute atomic E-state index is 12.8. The molecule has 8 heteroatoms. The van der Waals surface area contributed by atoms with Gasteiger partial charge in [0.2, 0.25) is 0 Å². The molecule has 0 aromatic carbocycles. The van der Waals surface area contributed by atoms with Gasteiger partial charge in [-0.25, -0.2) is 4.98 Å². The first-order valence-corrected chi connectivity index (χ1v) is 7.16. The van der Waals surface area contributed by atoms with Gasteiger partial charge in [0.25, 0.3) is 0 Å². The maximum Gasteiger partial charge on any atom is 0.319 e. The van der Waals surface area contributed by atoms with Crippen LogP contribution < -0.4 is 0 Å². The SMILES string of the molecule is FC(F)n1ccnc1CN1CCn2c(nnc2C2CC2)C1. The molecule has 3 heterocycles. The van der Waals surface area contributed by atoms with Gasteiger partial charge in [0.1, 0.15) is 17.5 Å². The van der Waals surface area contributed by atoms with E-state index in [0.29, 0.717) is 24.8 Å². The molecule has 6 nitrogen and oxygen atoms in total. The molecule has 112 valence electrons. The molecule has 2 aromatic heterocycles. The largest absolute Gasteiger partial charge is 0.319 e. The van der Waals surface area contributed by atoms with Crippen molar-refractivity contribution in [1.29, 1.82) is 0 Å². The van der Waals surface area contributed by atoms with Crippen molar-refractivity contribution in [2.45, 2.75) is 44.9 Å². The monoisotopic (exact) mass is 294 g/mol. The molecule has 0 amide bonds. The van der Waals surface area contributed by atoms with E-state index in [1.54, 1.807) is 0 Å². The van der Waals surface area contributed by atoms with Gasteiger partial charge in [0.15, 0.2) is 0 Å². The van der Waals surface area contributed by atoms with Gasteiger partial charge in [-0.1, -0.05) is 0 Å². The Kier molecular flexibility index (Phi) is 2.99. The van der Waals surface area contributed by atoms with Crippen LogP contribution in [0.25, 0.3) is 0 Å². The molecule has 1 saturated carbocycles. The summed E-state index contributed by atoms with van der Waals surface area (Å²) in [6.45, 7) is 0.126. The van der Waals surface area contributed by atoms with Crippen LogP contribution in [-0.2, 0) is 19.6 Å². The molecule has 1 aliphatic heterocycles. The van der Waals surface area contributed by atoms with Crippen LogP contribution in [-0.4, -0.2) is 35.8 Å². The lowest BCUT2D eigenvalue weighted by Gasteiger charge is -2.27. The number of rotatable bonds is 4. The number of halogens is 2. The Morgan fingerprint density at radius 2 is 2.10 bits per heavy atom. The zero-order valence-electron chi connectivity index (χ0n) is 11.5. The van der Waals surface area contributed by atoms with Crippen LogP contribution in [0.5, 0.6) is 0 Å². The van der Waals surface area contributed by atoms with E-state index in [2.05, 4.69) is 24.6 Å². The second-order valence-electron chi connectivity index (χ2n) is 5.64. The zero-order chi connectivity index (χ0) is 14.4. The van der Waals surface area contributed by atoms with Crippen LogP contribution in [0, 0.1) is 0 Å². The van der Waals surface area contributed by atoms with Crippen LogP contribution in [0.2, 0.25) is 0 Å². The highest BCUT2D eigenvalue weighted by Crippen LogP contribution is 2.39. The van der Waals surface area contributed by atoms with Gasteiger partial charge in [-0.05, 0) is 12.8 Å². The van der Waals surface area contributed by atoms with Crippen LogP contribution in [0.3, 0.4) is 0 Å². The van der Waals surface area contributed by atoms with Gasteiger partial charge >= 0.3 is 6.55 Å². The van der Waals surface area contributed by atoms with Crippen LogP contribution >= 0.6 is 0 Å². The summed E-state index contributed by atoms with van der Waals surface area (Å²) in [5, 5.41) is 8.53. The molecule has 2 aliphatic rings. The van der Waals surface area contributed by atoms with E-state index >= 15 is 0 Å². The van der Waals surface area contributed by atoms with Crippen molar-refractivity contribution in [3.05, 3.63) is 29.9 Å². The maximum atomic E-state index is 12.8. The van der Waals surface area contributed by atoms with Gasteiger partial charge < -0.3 is 4.57 Å². The van der Waals surface area contributed by atoms with Crippen LogP contribution in [0.15, 0.2) is 12.4 Å². The number of fused-ring (bicyclic) bond motifs is 1. The highest BCUT2D eigenvalue weighted by molar-refractivity contribution is 5.10. The van der Waals surface area contributed by atoms with Gasteiger partial charge in [-0.2, -0.15) is 8.78 Å². The van der Waals surface area contributed by atoms with E-state index in [0.717, 1.165) is 29.3 Å². The lowest BCUT2D eigenvalue weighted by atomic mass is 10.3. The first kappa shape index (κ1) is 12.9. The van der Waals surface area contributed by atoms with E-state index < -0.39 is 6.55 Å². The number of aromatic nitrogens is 5. The minimum absolute atomic E-state index is 0.389. The van der Waals surface area contributed by atoms with Crippen molar-refractivity contribution in [2.75, 3.05) is 6.54 Å². The van der Waals surface area contributed by atoms with E-state index in [1.807, 2.05) is 0 Å². The first-order valence-electron chi connectivity index (χ1n) is 7.16. The molecule has 4 rings (SSSR count). The van der Waals surface area contributed by atoms with Crippen LogP contribution in [0.4, 0.5) is 8.78 Å². The van der Waals surface area contributed by atoms with E-state index in [1.165, 1.54) is 25.2 Å². The van der Waals surface area contributed by atoms with Crippen molar-refractivity contribution in [1.82, 2.24) is 29.2 Å². The summed E-state index contributed by atoms with van der Waals surface area (Å²) in [6, 6.07) is 0. The van der Waals surface area contributed by atoms with E-state index in [-0.39, 0.29) is 0 Å². The highest BCUT2D eigenvalue weighted by Gasteiger charge is 2.32. The molecular weight excluding hydrogens is 278 g/mol. The first-order chi connectivity index (χ1) is 10.2. The molecular formula is C13H16F2N6. The molecule has 2 aromatic rings. The third-order valence-corrected chi connectivity index (χ3v) is 4.13. The third-order valence-electron chi connectivity index (χ3n) is 4.13. The molecule has 1 fully saturated rings. The van der Waals surface area contributed by atoms with Crippen LogP contribution in [0.1, 0.15) is 42.8 Å². The Morgan fingerprint density at radius 3 is 2.86 bits per heavy atom. The molecule has 0 unspecified atom stereocenters. The smallest absolute Gasteiger partial charge is 0.312 e. The summed E-state index contributed by atoms with van der Waals surface area (Å²) in [5.41, 5.74) is 0. The average molecular weight is 294 g/mol. The Hall–Kier alpha value is -1.83. The number of alkyl halides is 2. The minimum atomic E-state index is -2.54. The van der Waals surface area contributed by atoms with Crippen molar-refractivity contribution >= 4 is 0 Å². The molecule has 0 N–H and O–H groups in total. The van der Waals surface area contributed by atoms with Crippen molar-refractivity contribution < 1.29 is 8.78 Å². The number of hydrogen-bond acceptors (Lipinski definition) is 4. The fraction of sp³-hybridized carbons (Fsp3) is 0.615. The van der Waals surface area contributed by atoms with Gasteiger partial charge in [-0.3, -0.25) is 9.47 Å². The Labute approximate surface area is 120 Å². The minimum Gasteiger partial charge on any atom is -0.312 e. The average Bonchev–Trinajstić information content (AvgIpc) is 3.05. The summed E-state index contributed by atoms with van der Waals surface area (Å²) >= 11 is 0. The lowest BCUT2D eigenvalue weighted by molar-refractivity contribution is 0.0628. The summed E-state index contributed by atoms with van der Waals surface area (Å²) < 4.78 is 28.8. The van der Waals surface area contributed by atoms with E-state index in [4.69, 9.17) is 0 Å². The van der Waals surface area contributed by atoms with Gasteiger partial charge in [0.05, 0.1) is 13.1 Å². The standard InChI is InChI=1S/C13H16F2N6/c14-13(15)21-4-3-16-10(21)7-19-5-6-20-11(8-19)17-18-12(20)9-1-2-9/h3-4,9,13H,1-2,5-8H2. The predicted octanol–water partition coefficient (Wildman–Crippen LogP) is 1.76. The summed E-state index contributed by atoms with van der Waals surface area (Å²) in [7, 11) is 0. The summed E-state index contributed by atoms with van der Waals surface area (Å²) in [6.07, 6.45) is 5.14. The highest BCUT2D eigenvalue weighted by atomic mass is 19.3. The van der Waals surface area contributed by atoms with Crippen molar-refractivity contribution in [3.63, 3.8) is 0 Å². The zero-order valence-corrected chi connectivity index (χ0v) is 11.5. The summed E-state index contributed by atoms with van der Waals surface area (Å²) in [5.74, 6) is 2.99. The predicted molar refractivity (Wildman–Crippen MR) is 69.6 cm³/mol. The molecule has 0 atom stereocenters. The fourth-order valence-corrected chi connectivity index (χ4v) is 2.85. The molecule has 0 bridgehead atoms. The molecule has 0 spiro atoms. The summed E-state index contributed by atoms with van der Waals surface area (Å²) in [4.78, 5) is 6.11. The topological polar surface area (TPSA) is 51.8 Å².